The normalized spacial score (nSPS) is 19.3. The number of carbonyl (C=O) groups is 1. The van der Waals surface area contributed by atoms with Crippen LogP contribution in [0.5, 0.6) is 0 Å². The molecule has 1 aliphatic heterocycles. The van der Waals surface area contributed by atoms with Crippen LogP contribution in [0.25, 0.3) is 0 Å². The van der Waals surface area contributed by atoms with Gasteiger partial charge in [-0.2, -0.15) is 0 Å². The first-order valence-electron chi connectivity index (χ1n) is 8.96. The summed E-state index contributed by atoms with van der Waals surface area (Å²) in [7, 11) is 0. The number of halogens is 1. The van der Waals surface area contributed by atoms with Crippen molar-refractivity contribution in [1.29, 1.82) is 0 Å². The van der Waals surface area contributed by atoms with E-state index >= 15 is 0 Å². The SMILES string of the molecule is NC(=NCC(=O)N1CCN(c2ccc(Cl)cc2)CC1)NC1CCCC1. The lowest BCUT2D eigenvalue weighted by Gasteiger charge is -2.36. The standard InChI is InChI=1S/C18H26ClN5O/c19-14-5-7-16(8-6-14)23-9-11-24(12-10-23)17(25)13-21-18(20)22-15-3-1-2-4-15/h5-8,15H,1-4,9-13H2,(H3,20,21,22). The summed E-state index contributed by atoms with van der Waals surface area (Å²) in [5.41, 5.74) is 7.03. The number of guanidine groups is 1. The van der Waals surface area contributed by atoms with Crippen molar-refractivity contribution in [2.75, 3.05) is 37.6 Å². The minimum absolute atomic E-state index is 0.0342. The van der Waals surface area contributed by atoms with Gasteiger partial charge in [0, 0.05) is 42.9 Å². The molecule has 7 heteroatoms. The molecular formula is C18H26ClN5O. The Balaban J connectivity index is 1.44. The Bertz CT molecular complexity index is 604. The zero-order valence-corrected chi connectivity index (χ0v) is 15.2. The lowest BCUT2D eigenvalue weighted by atomic mass is 10.2. The zero-order chi connectivity index (χ0) is 17.6. The van der Waals surface area contributed by atoms with Gasteiger partial charge < -0.3 is 20.9 Å². The van der Waals surface area contributed by atoms with Crippen molar-refractivity contribution < 1.29 is 4.79 Å². The number of aliphatic imine (C=N–C) groups is 1. The number of nitrogens with two attached hydrogens (primary N) is 1. The van der Waals surface area contributed by atoms with Crippen LogP contribution in [-0.4, -0.2) is 55.5 Å². The second kappa shape index (κ2) is 8.43. The molecule has 0 radical (unpaired) electrons. The van der Waals surface area contributed by atoms with E-state index in [0.717, 1.165) is 36.6 Å². The highest BCUT2D eigenvalue weighted by atomic mass is 35.5. The van der Waals surface area contributed by atoms with Crippen LogP contribution in [0, 0.1) is 0 Å². The molecule has 1 saturated carbocycles. The lowest BCUT2D eigenvalue weighted by molar-refractivity contribution is -0.129. The summed E-state index contributed by atoms with van der Waals surface area (Å²) in [6.07, 6.45) is 4.75. The second-order valence-electron chi connectivity index (χ2n) is 6.67. The van der Waals surface area contributed by atoms with E-state index in [-0.39, 0.29) is 12.5 Å². The van der Waals surface area contributed by atoms with E-state index in [1.807, 2.05) is 29.2 Å². The average molecular weight is 364 g/mol. The van der Waals surface area contributed by atoms with Crippen LogP contribution in [0.1, 0.15) is 25.7 Å². The maximum Gasteiger partial charge on any atom is 0.244 e. The third-order valence-electron chi connectivity index (χ3n) is 4.92. The van der Waals surface area contributed by atoms with E-state index in [2.05, 4.69) is 15.2 Å². The van der Waals surface area contributed by atoms with Gasteiger partial charge in [-0.3, -0.25) is 4.79 Å². The number of nitrogens with one attached hydrogen (secondary N) is 1. The van der Waals surface area contributed by atoms with E-state index in [0.29, 0.717) is 25.1 Å². The number of amides is 1. The minimum Gasteiger partial charge on any atom is -0.370 e. The van der Waals surface area contributed by atoms with Crippen molar-refractivity contribution in [2.24, 2.45) is 10.7 Å². The third-order valence-corrected chi connectivity index (χ3v) is 5.17. The van der Waals surface area contributed by atoms with E-state index in [9.17, 15) is 4.79 Å². The van der Waals surface area contributed by atoms with Crippen molar-refractivity contribution in [3.63, 3.8) is 0 Å². The van der Waals surface area contributed by atoms with Crippen LogP contribution in [0.2, 0.25) is 5.02 Å². The van der Waals surface area contributed by atoms with Crippen LogP contribution in [0.3, 0.4) is 0 Å². The molecule has 1 heterocycles. The highest BCUT2D eigenvalue weighted by Gasteiger charge is 2.21. The fourth-order valence-electron chi connectivity index (χ4n) is 3.44. The predicted octanol–water partition coefficient (Wildman–Crippen LogP) is 1.84. The predicted molar refractivity (Wildman–Crippen MR) is 102 cm³/mol. The van der Waals surface area contributed by atoms with Crippen molar-refractivity contribution >= 4 is 29.2 Å². The molecule has 2 fully saturated rings. The summed E-state index contributed by atoms with van der Waals surface area (Å²) < 4.78 is 0. The summed E-state index contributed by atoms with van der Waals surface area (Å²) in [6.45, 7) is 3.15. The minimum atomic E-state index is 0.0342. The Morgan fingerprint density at radius 1 is 1.16 bits per heavy atom. The van der Waals surface area contributed by atoms with E-state index in [1.54, 1.807) is 0 Å². The molecule has 25 heavy (non-hydrogen) atoms. The number of carbonyl (C=O) groups excluding carboxylic acids is 1. The Kier molecular flexibility index (Phi) is 6.02. The molecule has 0 aromatic heterocycles. The third kappa shape index (κ3) is 5.01. The molecule has 0 unspecified atom stereocenters. The van der Waals surface area contributed by atoms with Gasteiger partial charge in [0.05, 0.1) is 0 Å². The van der Waals surface area contributed by atoms with Crippen molar-refractivity contribution in [2.45, 2.75) is 31.7 Å². The lowest BCUT2D eigenvalue weighted by Crippen LogP contribution is -2.49. The molecule has 3 N–H and O–H groups in total. The number of anilines is 1. The van der Waals surface area contributed by atoms with Gasteiger partial charge in [-0.05, 0) is 37.1 Å². The first-order chi connectivity index (χ1) is 12.1. The van der Waals surface area contributed by atoms with E-state index in [1.165, 1.54) is 12.8 Å². The average Bonchev–Trinajstić information content (AvgIpc) is 3.13. The van der Waals surface area contributed by atoms with Crippen molar-refractivity contribution in [3.05, 3.63) is 29.3 Å². The van der Waals surface area contributed by atoms with Crippen LogP contribution >= 0.6 is 11.6 Å². The first-order valence-corrected chi connectivity index (χ1v) is 9.34. The molecule has 1 aliphatic carbocycles. The molecule has 1 amide bonds. The number of benzene rings is 1. The summed E-state index contributed by atoms with van der Waals surface area (Å²) in [5.74, 6) is 0.423. The Morgan fingerprint density at radius 2 is 1.80 bits per heavy atom. The first kappa shape index (κ1) is 17.9. The van der Waals surface area contributed by atoms with Gasteiger partial charge in [0.15, 0.2) is 5.96 Å². The van der Waals surface area contributed by atoms with Crippen LogP contribution in [0.4, 0.5) is 5.69 Å². The molecular weight excluding hydrogens is 338 g/mol. The molecule has 6 nitrogen and oxygen atoms in total. The van der Waals surface area contributed by atoms with Crippen LogP contribution in [-0.2, 0) is 4.79 Å². The topological polar surface area (TPSA) is 74.0 Å². The highest BCUT2D eigenvalue weighted by molar-refractivity contribution is 6.30. The fourth-order valence-corrected chi connectivity index (χ4v) is 3.57. The summed E-state index contributed by atoms with van der Waals surface area (Å²) in [6, 6.07) is 8.23. The molecule has 1 saturated heterocycles. The van der Waals surface area contributed by atoms with Gasteiger partial charge in [-0.25, -0.2) is 4.99 Å². The van der Waals surface area contributed by atoms with Crippen molar-refractivity contribution in [1.82, 2.24) is 10.2 Å². The number of hydrogen-bond donors (Lipinski definition) is 2. The Labute approximate surface area is 154 Å². The van der Waals surface area contributed by atoms with E-state index < -0.39 is 0 Å². The Morgan fingerprint density at radius 3 is 2.44 bits per heavy atom. The summed E-state index contributed by atoms with van der Waals surface area (Å²) >= 11 is 5.93. The van der Waals surface area contributed by atoms with Gasteiger partial charge in [-0.1, -0.05) is 24.4 Å². The van der Waals surface area contributed by atoms with Gasteiger partial charge in [0.1, 0.15) is 6.54 Å². The number of nitrogens with zero attached hydrogens (tertiary/aromatic N) is 3. The summed E-state index contributed by atoms with van der Waals surface area (Å²) in [4.78, 5) is 20.7. The summed E-state index contributed by atoms with van der Waals surface area (Å²) in [5, 5.41) is 3.94. The molecule has 0 atom stereocenters. The number of piperazine rings is 1. The fraction of sp³-hybridized carbons (Fsp3) is 0.556. The number of rotatable bonds is 4. The van der Waals surface area contributed by atoms with Gasteiger partial charge in [0.2, 0.25) is 5.91 Å². The maximum absolute atomic E-state index is 12.3. The molecule has 2 aliphatic rings. The van der Waals surface area contributed by atoms with Crippen LogP contribution < -0.4 is 16.0 Å². The smallest absolute Gasteiger partial charge is 0.244 e. The van der Waals surface area contributed by atoms with Gasteiger partial charge >= 0.3 is 0 Å². The maximum atomic E-state index is 12.3. The molecule has 0 spiro atoms. The second-order valence-corrected chi connectivity index (χ2v) is 7.11. The molecule has 3 rings (SSSR count). The van der Waals surface area contributed by atoms with E-state index in [4.69, 9.17) is 17.3 Å². The van der Waals surface area contributed by atoms with Crippen LogP contribution in [0.15, 0.2) is 29.3 Å². The van der Waals surface area contributed by atoms with Gasteiger partial charge in [-0.15, -0.1) is 0 Å². The molecule has 136 valence electrons. The quantitative estimate of drug-likeness (QED) is 0.632. The molecule has 1 aromatic carbocycles. The zero-order valence-electron chi connectivity index (χ0n) is 14.5. The number of hydrogen-bond acceptors (Lipinski definition) is 3. The van der Waals surface area contributed by atoms with Crippen molar-refractivity contribution in [3.8, 4) is 0 Å². The highest BCUT2D eigenvalue weighted by Crippen LogP contribution is 2.19. The largest absolute Gasteiger partial charge is 0.370 e. The van der Waals surface area contributed by atoms with Gasteiger partial charge in [0.25, 0.3) is 0 Å². The Hall–Kier alpha value is -1.95. The molecule has 1 aromatic rings. The monoisotopic (exact) mass is 363 g/mol. The molecule has 0 bridgehead atoms.